The topological polar surface area (TPSA) is 40.9 Å². The van der Waals surface area contributed by atoms with Crippen LogP contribution in [0, 0.1) is 11.3 Å². The number of ketones is 1. The molecule has 0 radical (unpaired) electrons. The zero-order chi connectivity index (χ0) is 12.0. The number of hydrogen-bond acceptors (Lipinski definition) is 2. The fraction of sp³-hybridized carbons (Fsp3) is 0.429. The van der Waals surface area contributed by atoms with E-state index in [2.05, 4.69) is 6.07 Å². The highest BCUT2D eigenvalue weighted by Crippen LogP contribution is 2.30. The number of nitriles is 1. The molecule has 2 nitrogen and oxygen atoms in total. The Hall–Kier alpha value is -1.62. The van der Waals surface area contributed by atoms with Crippen LogP contribution in [0.2, 0.25) is 0 Å². The minimum Gasteiger partial charge on any atom is -0.299 e. The van der Waals surface area contributed by atoms with Gasteiger partial charge in [-0.2, -0.15) is 5.26 Å². The summed E-state index contributed by atoms with van der Waals surface area (Å²) in [6.45, 7) is 4.00. The zero-order valence-corrected chi connectivity index (χ0v) is 9.86. The molecule has 1 unspecified atom stereocenters. The van der Waals surface area contributed by atoms with Gasteiger partial charge in [-0.3, -0.25) is 4.79 Å². The monoisotopic (exact) mass is 215 g/mol. The number of fused-ring (bicyclic) bond motifs is 1. The van der Waals surface area contributed by atoms with Gasteiger partial charge >= 0.3 is 0 Å². The molecule has 0 N–H and O–H groups in total. The number of benzene rings is 1. The molecule has 0 fully saturated rings. The van der Waals surface area contributed by atoms with Crippen LogP contribution in [0.4, 0.5) is 0 Å². The lowest BCUT2D eigenvalue weighted by Crippen LogP contribution is -2.19. The summed E-state index contributed by atoms with van der Waals surface area (Å²) in [5.74, 6) is 0.0372. The number of hydrogen-bond donors (Lipinski definition) is 0. The average Bonchev–Trinajstić information content (AvgIpc) is 2.35. The average molecular weight is 215 g/mol. The molecule has 0 amide bonds. The van der Waals surface area contributed by atoms with Gasteiger partial charge in [0.25, 0.3) is 0 Å². The Balaban J connectivity index is 0.000000606. The van der Waals surface area contributed by atoms with Gasteiger partial charge in [-0.25, -0.2) is 0 Å². The predicted octanol–water partition coefficient (Wildman–Crippen LogP) is 3.23. The lowest BCUT2D eigenvalue weighted by molar-refractivity contribution is -0.120. The van der Waals surface area contributed by atoms with Crippen molar-refractivity contribution in [1.82, 2.24) is 0 Å². The van der Waals surface area contributed by atoms with Gasteiger partial charge in [0.15, 0.2) is 0 Å². The maximum absolute atomic E-state index is 11.6. The highest BCUT2D eigenvalue weighted by atomic mass is 16.1. The molecular weight excluding hydrogens is 198 g/mol. The number of Topliss-reactive ketones (excluding diaryl/α,β-unsaturated/α-hetero) is 1. The van der Waals surface area contributed by atoms with Crippen molar-refractivity contribution in [3.05, 3.63) is 35.4 Å². The van der Waals surface area contributed by atoms with E-state index < -0.39 is 0 Å². The number of aryl methyl sites for hydroxylation is 1. The molecule has 0 spiro atoms. The number of carbonyl (C=O) groups is 1. The molecule has 0 bridgehead atoms. The highest BCUT2D eigenvalue weighted by molar-refractivity contribution is 5.88. The predicted molar refractivity (Wildman–Crippen MR) is 64.1 cm³/mol. The second-order valence-electron chi connectivity index (χ2n) is 3.58. The third kappa shape index (κ3) is 2.49. The second kappa shape index (κ2) is 6.07. The summed E-state index contributed by atoms with van der Waals surface area (Å²) in [6, 6.07) is 10.0. The van der Waals surface area contributed by atoms with Crippen molar-refractivity contribution >= 4 is 5.78 Å². The largest absolute Gasteiger partial charge is 0.299 e. The van der Waals surface area contributed by atoms with Gasteiger partial charge in [-0.15, -0.1) is 0 Å². The third-order valence-electron chi connectivity index (χ3n) is 2.76. The van der Waals surface area contributed by atoms with E-state index in [9.17, 15) is 4.79 Å². The highest BCUT2D eigenvalue weighted by Gasteiger charge is 2.26. The van der Waals surface area contributed by atoms with Gasteiger partial charge in [0.05, 0.1) is 12.0 Å². The first kappa shape index (κ1) is 12.4. The molecule has 2 rings (SSSR count). The van der Waals surface area contributed by atoms with Crippen LogP contribution in [0.3, 0.4) is 0 Å². The Labute approximate surface area is 96.9 Å². The quantitative estimate of drug-likeness (QED) is 0.721. The molecule has 1 aliphatic rings. The van der Waals surface area contributed by atoms with E-state index in [0.29, 0.717) is 12.8 Å². The first-order valence-electron chi connectivity index (χ1n) is 5.80. The molecule has 0 saturated carbocycles. The molecule has 0 aromatic heterocycles. The summed E-state index contributed by atoms with van der Waals surface area (Å²) >= 11 is 0. The summed E-state index contributed by atoms with van der Waals surface area (Å²) < 4.78 is 0. The first-order chi connectivity index (χ1) is 7.83. The third-order valence-corrected chi connectivity index (χ3v) is 2.76. The summed E-state index contributed by atoms with van der Waals surface area (Å²) in [7, 11) is 0. The molecule has 1 aromatic rings. The maximum Gasteiger partial charge on any atom is 0.141 e. The SMILES string of the molecule is CC.N#CCC1C(=O)CCc2ccccc21. The van der Waals surface area contributed by atoms with Crippen LogP contribution in [0.5, 0.6) is 0 Å². The van der Waals surface area contributed by atoms with Crippen LogP contribution in [-0.2, 0) is 11.2 Å². The van der Waals surface area contributed by atoms with Crippen LogP contribution < -0.4 is 0 Å². The van der Waals surface area contributed by atoms with E-state index in [0.717, 1.165) is 12.0 Å². The smallest absolute Gasteiger partial charge is 0.141 e. The van der Waals surface area contributed by atoms with Crippen molar-refractivity contribution in [1.29, 1.82) is 5.26 Å². The van der Waals surface area contributed by atoms with Crippen molar-refractivity contribution in [2.75, 3.05) is 0 Å². The molecular formula is C14H17NO. The number of rotatable bonds is 1. The normalized spacial score (nSPS) is 17.8. The Morgan fingerprint density at radius 3 is 2.69 bits per heavy atom. The van der Waals surface area contributed by atoms with Crippen molar-refractivity contribution in [2.24, 2.45) is 0 Å². The lowest BCUT2D eigenvalue weighted by atomic mass is 9.80. The van der Waals surface area contributed by atoms with Crippen molar-refractivity contribution in [3.8, 4) is 6.07 Å². The molecule has 84 valence electrons. The van der Waals surface area contributed by atoms with E-state index in [1.54, 1.807) is 0 Å². The molecule has 0 aliphatic heterocycles. The second-order valence-corrected chi connectivity index (χ2v) is 3.58. The van der Waals surface area contributed by atoms with Gasteiger partial charge in [0.1, 0.15) is 5.78 Å². The van der Waals surface area contributed by atoms with Crippen LogP contribution in [0.1, 0.15) is 43.7 Å². The first-order valence-corrected chi connectivity index (χ1v) is 5.80. The number of carbonyl (C=O) groups excluding carboxylic acids is 1. The Bertz CT molecular complexity index is 403. The Kier molecular flexibility index (Phi) is 4.72. The molecule has 1 atom stereocenters. The Morgan fingerprint density at radius 1 is 1.31 bits per heavy atom. The minimum atomic E-state index is -0.176. The number of nitrogens with zero attached hydrogens (tertiary/aromatic N) is 1. The maximum atomic E-state index is 11.6. The molecule has 0 heterocycles. The molecule has 1 aromatic carbocycles. The van der Waals surface area contributed by atoms with E-state index in [4.69, 9.17) is 5.26 Å². The molecule has 1 aliphatic carbocycles. The summed E-state index contributed by atoms with van der Waals surface area (Å²) in [5.41, 5.74) is 2.29. The van der Waals surface area contributed by atoms with E-state index in [1.807, 2.05) is 38.1 Å². The lowest BCUT2D eigenvalue weighted by Gasteiger charge is -2.22. The molecule has 0 saturated heterocycles. The van der Waals surface area contributed by atoms with Gasteiger partial charge in [-0.1, -0.05) is 38.1 Å². The fourth-order valence-electron chi connectivity index (χ4n) is 2.02. The van der Waals surface area contributed by atoms with Crippen molar-refractivity contribution in [2.45, 2.75) is 39.0 Å². The summed E-state index contributed by atoms with van der Waals surface area (Å²) in [4.78, 5) is 11.6. The summed E-state index contributed by atoms with van der Waals surface area (Å²) in [6.07, 6.45) is 1.73. The van der Waals surface area contributed by atoms with Crippen LogP contribution in [-0.4, -0.2) is 5.78 Å². The van der Waals surface area contributed by atoms with E-state index in [-0.39, 0.29) is 11.7 Å². The van der Waals surface area contributed by atoms with Crippen LogP contribution in [0.15, 0.2) is 24.3 Å². The van der Waals surface area contributed by atoms with Crippen molar-refractivity contribution < 1.29 is 4.79 Å². The van der Waals surface area contributed by atoms with Crippen LogP contribution in [0.25, 0.3) is 0 Å². The van der Waals surface area contributed by atoms with Gasteiger partial charge < -0.3 is 0 Å². The van der Waals surface area contributed by atoms with E-state index in [1.165, 1.54) is 5.56 Å². The van der Waals surface area contributed by atoms with Gasteiger partial charge in [0.2, 0.25) is 0 Å². The van der Waals surface area contributed by atoms with Gasteiger partial charge in [-0.05, 0) is 17.5 Å². The Morgan fingerprint density at radius 2 is 2.00 bits per heavy atom. The van der Waals surface area contributed by atoms with Gasteiger partial charge in [0, 0.05) is 12.8 Å². The van der Waals surface area contributed by atoms with Crippen LogP contribution >= 0.6 is 0 Å². The minimum absolute atomic E-state index is 0.176. The summed E-state index contributed by atoms with van der Waals surface area (Å²) in [5, 5.41) is 8.66. The fourth-order valence-corrected chi connectivity index (χ4v) is 2.02. The molecule has 2 heteroatoms. The standard InChI is InChI=1S/C12H11NO.C2H6/c13-8-7-11-10-4-2-1-3-9(10)5-6-12(11)14;1-2/h1-4,11H,5-7H2;1-2H3. The van der Waals surface area contributed by atoms with Crippen molar-refractivity contribution in [3.63, 3.8) is 0 Å². The zero-order valence-electron chi connectivity index (χ0n) is 9.86. The van der Waals surface area contributed by atoms with E-state index >= 15 is 0 Å². The molecule has 16 heavy (non-hydrogen) atoms.